The number of allylic oxidation sites excluding steroid dienone is 6. The number of imide groups is 3. The largest absolute Gasteiger partial charge is 0.274 e. The fourth-order valence-corrected chi connectivity index (χ4v) is 5.52. The third-order valence-electron chi connectivity index (χ3n) is 7.60. The lowest BCUT2D eigenvalue weighted by Crippen LogP contribution is -2.35. The Kier molecular flexibility index (Phi) is 10.5. The highest BCUT2D eigenvalue weighted by Gasteiger charge is 2.43. The highest BCUT2D eigenvalue weighted by molar-refractivity contribution is 6.15. The van der Waals surface area contributed by atoms with Gasteiger partial charge >= 0.3 is 0 Å². The Labute approximate surface area is 207 Å². The molecule has 2 aliphatic rings. The maximum atomic E-state index is 12.9. The molecule has 34 heavy (non-hydrogen) atoms. The van der Waals surface area contributed by atoms with Crippen LogP contribution in [0.2, 0.25) is 0 Å². The topological polar surface area (TPSA) is 54.5 Å². The molecule has 1 heterocycles. The van der Waals surface area contributed by atoms with E-state index in [0.29, 0.717) is 11.3 Å². The lowest BCUT2D eigenvalue weighted by atomic mass is 9.82. The Morgan fingerprint density at radius 1 is 1.24 bits per heavy atom. The van der Waals surface area contributed by atoms with Gasteiger partial charge in [-0.05, 0) is 61.2 Å². The molecular formula is C30H47NO3. The maximum Gasteiger partial charge on any atom is 0.240 e. The SMILES string of the molecule is CCCCC(C)(C)C/C=C/CCC(/C=C/[C@@H]1C=CC(C)(CCC)C1)C1CC(=O)N(C(C)=O)C1=O. The van der Waals surface area contributed by atoms with E-state index >= 15 is 0 Å². The first-order valence-corrected chi connectivity index (χ1v) is 13.4. The molecule has 0 bridgehead atoms. The minimum atomic E-state index is -0.469. The van der Waals surface area contributed by atoms with Gasteiger partial charge in [0.2, 0.25) is 17.7 Å². The van der Waals surface area contributed by atoms with Gasteiger partial charge in [0, 0.05) is 13.3 Å². The number of nitrogens with zero attached hydrogens (tertiary/aromatic N) is 1. The van der Waals surface area contributed by atoms with E-state index in [0.717, 1.165) is 30.6 Å². The number of unbranched alkanes of at least 4 members (excludes halogenated alkanes) is 1. The number of amides is 3. The second kappa shape index (κ2) is 12.7. The molecule has 2 rings (SSSR count). The standard InChI is InChI=1S/C30H47NO3/c1-7-9-18-29(4,5)19-12-10-11-13-25(26-21-27(33)31(23(3)32)28(26)34)15-14-24-16-20-30(6,22-24)17-8-2/h10,12,14-16,20,24-26H,7-9,11,13,17-19,21-22H2,1-6H3/b12-10+,15-14+/t24-,25?,26?,30?/m1/s1. The predicted molar refractivity (Wildman–Crippen MR) is 140 cm³/mol. The number of carbonyl (C=O) groups excluding carboxylic acids is 3. The van der Waals surface area contributed by atoms with Crippen LogP contribution >= 0.6 is 0 Å². The molecule has 0 aromatic carbocycles. The predicted octanol–water partition coefficient (Wildman–Crippen LogP) is 7.41. The average molecular weight is 470 g/mol. The first kappa shape index (κ1) is 28.3. The average Bonchev–Trinajstić information content (AvgIpc) is 3.27. The zero-order valence-electron chi connectivity index (χ0n) is 22.4. The normalized spacial score (nSPS) is 26.5. The van der Waals surface area contributed by atoms with E-state index in [9.17, 15) is 14.4 Å². The van der Waals surface area contributed by atoms with Crippen LogP contribution in [0, 0.1) is 28.6 Å². The molecule has 0 saturated carbocycles. The van der Waals surface area contributed by atoms with E-state index in [2.05, 4.69) is 71.1 Å². The van der Waals surface area contributed by atoms with Gasteiger partial charge in [0.1, 0.15) is 0 Å². The van der Waals surface area contributed by atoms with E-state index in [1.807, 2.05) is 0 Å². The lowest BCUT2D eigenvalue weighted by Gasteiger charge is -2.23. The quantitative estimate of drug-likeness (QED) is 0.208. The summed E-state index contributed by atoms with van der Waals surface area (Å²) in [5.74, 6) is -1.26. The maximum absolute atomic E-state index is 12.9. The number of rotatable bonds is 13. The molecule has 0 aromatic heterocycles. The summed E-state index contributed by atoms with van der Waals surface area (Å²) in [5, 5.41) is 0. The summed E-state index contributed by atoms with van der Waals surface area (Å²) < 4.78 is 0. The van der Waals surface area contributed by atoms with E-state index in [4.69, 9.17) is 0 Å². The first-order valence-electron chi connectivity index (χ1n) is 13.4. The monoisotopic (exact) mass is 469 g/mol. The van der Waals surface area contributed by atoms with Crippen LogP contribution in [0.25, 0.3) is 0 Å². The molecule has 4 heteroatoms. The molecule has 1 saturated heterocycles. The van der Waals surface area contributed by atoms with Crippen LogP contribution < -0.4 is 0 Å². The molecular weight excluding hydrogens is 422 g/mol. The summed E-state index contributed by atoms with van der Waals surface area (Å²) in [6.45, 7) is 12.7. The third kappa shape index (κ3) is 8.06. The van der Waals surface area contributed by atoms with E-state index < -0.39 is 11.8 Å². The van der Waals surface area contributed by atoms with Gasteiger partial charge in [0.15, 0.2) is 0 Å². The lowest BCUT2D eigenvalue weighted by molar-refractivity contribution is -0.149. The van der Waals surface area contributed by atoms with E-state index in [1.165, 1.54) is 39.0 Å². The third-order valence-corrected chi connectivity index (χ3v) is 7.60. The molecule has 190 valence electrons. The highest BCUT2D eigenvalue weighted by Crippen LogP contribution is 2.40. The van der Waals surface area contributed by atoms with Crippen LogP contribution in [0.4, 0.5) is 0 Å². The molecule has 4 atom stereocenters. The minimum absolute atomic E-state index is 0.0371. The first-order chi connectivity index (χ1) is 16.0. The number of carbonyl (C=O) groups is 3. The molecule has 0 N–H and O–H groups in total. The Morgan fingerprint density at radius 3 is 2.59 bits per heavy atom. The van der Waals surface area contributed by atoms with Gasteiger partial charge in [-0.25, -0.2) is 4.90 Å². The number of hydrogen-bond donors (Lipinski definition) is 0. The van der Waals surface area contributed by atoms with Crippen molar-refractivity contribution in [1.82, 2.24) is 4.90 Å². The number of hydrogen-bond acceptors (Lipinski definition) is 3. The molecule has 0 spiro atoms. The highest BCUT2D eigenvalue weighted by atomic mass is 16.2. The summed E-state index contributed by atoms with van der Waals surface area (Å²) in [4.78, 5) is 38.0. The van der Waals surface area contributed by atoms with Gasteiger partial charge in [-0.3, -0.25) is 14.4 Å². The van der Waals surface area contributed by atoms with Crippen LogP contribution in [-0.2, 0) is 14.4 Å². The van der Waals surface area contributed by atoms with Crippen molar-refractivity contribution >= 4 is 17.7 Å². The fourth-order valence-electron chi connectivity index (χ4n) is 5.52. The van der Waals surface area contributed by atoms with Crippen LogP contribution in [0.3, 0.4) is 0 Å². The van der Waals surface area contributed by atoms with Crippen molar-refractivity contribution in [2.24, 2.45) is 28.6 Å². The van der Waals surface area contributed by atoms with Crippen molar-refractivity contribution < 1.29 is 14.4 Å². The van der Waals surface area contributed by atoms with Crippen LogP contribution in [0.1, 0.15) is 106 Å². The van der Waals surface area contributed by atoms with Gasteiger partial charge in [-0.15, -0.1) is 0 Å². The molecule has 0 radical (unpaired) electrons. The van der Waals surface area contributed by atoms with Crippen molar-refractivity contribution in [3.05, 3.63) is 36.5 Å². The van der Waals surface area contributed by atoms with Crippen LogP contribution in [0.5, 0.6) is 0 Å². The van der Waals surface area contributed by atoms with Gasteiger partial charge in [0.25, 0.3) is 0 Å². The molecule has 3 amide bonds. The van der Waals surface area contributed by atoms with Gasteiger partial charge in [-0.1, -0.05) is 90.3 Å². The van der Waals surface area contributed by atoms with Crippen molar-refractivity contribution in [2.75, 3.05) is 0 Å². The van der Waals surface area contributed by atoms with Crippen LogP contribution in [-0.4, -0.2) is 22.6 Å². The van der Waals surface area contributed by atoms with Crippen molar-refractivity contribution in [2.45, 2.75) is 106 Å². The summed E-state index contributed by atoms with van der Waals surface area (Å²) >= 11 is 0. The Morgan fingerprint density at radius 2 is 1.97 bits per heavy atom. The smallest absolute Gasteiger partial charge is 0.240 e. The van der Waals surface area contributed by atoms with Gasteiger partial charge < -0.3 is 0 Å². The zero-order chi connectivity index (χ0) is 25.4. The minimum Gasteiger partial charge on any atom is -0.274 e. The number of likely N-dealkylation sites (tertiary alicyclic amines) is 1. The summed E-state index contributed by atoms with van der Waals surface area (Å²) in [5.41, 5.74) is 0.554. The molecule has 1 aliphatic heterocycles. The molecule has 0 aromatic rings. The van der Waals surface area contributed by atoms with Gasteiger partial charge in [0.05, 0.1) is 5.92 Å². The second-order valence-electron chi connectivity index (χ2n) is 11.6. The van der Waals surface area contributed by atoms with E-state index in [-0.39, 0.29) is 29.6 Å². The molecule has 1 aliphatic carbocycles. The van der Waals surface area contributed by atoms with Crippen molar-refractivity contribution in [3.63, 3.8) is 0 Å². The molecule has 4 nitrogen and oxygen atoms in total. The summed E-state index contributed by atoms with van der Waals surface area (Å²) in [7, 11) is 0. The fraction of sp³-hybridized carbons (Fsp3) is 0.700. The van der Waals surface area contributed by atoms with Gasteiger partial charge in [-0.2, -0.15) is 0 Å². The Balaban J connectivity index is 2.06. The zero-order valence-corrected chi connectivity index (χ0v) is 22.4. The Hall–Kier alpha value is -1.97. The summed E-state index contributed by atoms with van der Waals surface area (Å²) in [6.07, 6.45) is 23.5. The molecule has 1 fully saturated rings. The summed E-state index contributed by atoms with van der Waals surface area (Å²) in [6, 6.07) is 0. The van der Waals surface area contributed by atoms with Crippen molar-refractivity contribution in [1.29, 1.82) is 0 Å². The van der Waals surface area contributed by atoms with E-state index in [1.54, 1.807) is 0 Å². The van der Waals surface area contributed by atoms with Crippen LogP contribution in [0.15, 0.2) is 36.5 Å². The Bertz CT molecular complexity index is 806. The second-order valence-corrected chi connectivity index (χ2v) is 11.6. The van der Waals surface area contributed by atoms with Crippen molar-refractivity contribution in [3.8, 4) is 0 Å². The molecule has 3 unspecified atom stereocenters.